The van der Waals surface area contributed by atoms with Crippen molar-refractivity contribution in [3.63, 3.8) is 0 Å². The molecule has 1 heterocycles. The van der Waals surface area contributed by atoms with E-state index in [9.17, 15) is 21.6 Å². The number of rotatable bonds is 7. The Morgan fingerprint density at radius 2 is 1.95 bits per heavy atom. The average Bonchev–Trinajstić information content (AvgIpc) is 2.73. The molecule has 0 saturated carbocycles. The van der Waals surface area contributed by atoms with Gasteiger partial charge in [-0.25, -0.2) is 13.1 Å². The molecule has 1 aromatic heterocycles. The lowest BCUT2D eigenvalue weighted by Crippen LogP contribution is -2.27. The highest BCUT2D eigenvalue weighted by atomic mass is 32.2. The van der Waals surface area contributed by atoms with Crippen LogP contribution in [0.3, 0.4) is 0 Å². The summed E-state index contributed by atoms with van der Waals surface area (Å²) in [6.07, 6.45) is -5.55. The van der Waals surface area contributed by atoms with Crippen LogP contribution in [-0.2, 0) is 16.6 Å². The fourth-order valence-electron chi connectivity index (χ4n) is 1.30. The van der Waals surface area contributed by atoms with Gasteiger partial charge in [-0.1, -0.05) is 13.8 Å². The van der Waals surface area contributed by atoms with Crippen molar-refractivity contribution >= 4 is 21.4 Å². The molecule has 0 saturated heterocycles. The van der Waals surface area contributed by atoms with Gasteiger partial charge in [0.05, 0.1) is 6.42 Å². The highest BCUT2D eigenvalue weighted by Gasteiger charge is 2.27. The number of sulfonamides is 1. The molecule has 0 fully saturated rings. The predicted molar refractivity (Wildman–Crippen MR) is 72.2 cm³/mol. The van der Waals surface area contributed by atoms with Crippen molar-refractivity contribution in [2.75, 3.05) is 6.54 Å². The molecule has 2 N–H and O–H groups in total. The van der Waals surface area contributed by atoms with E-state index < -0.39 is 29.2 Å². The third-order valence-corrected chi connectivity index (χ3v) is 5.33. The van der Waals surface area contributed by atoms with Gasteiger partial charge in [0.15, 0.2) is 0 Å². The van der Waals surface area contributed by atoms with Crippen LogP contribution >= 0.6 is 11.3 Å². The number of hydrogen-bond donors (Lipinski definition) is 2. The minimum atomic E-state index is -4.37. The topological polar surface area (TPSA) is 58.2 Å². The fourth-order valence-corrected chi connectivity index (χ4v) is 3.68. The van der Waals surface area contributed by atoms with Crippen molar-refractivity contribution in [3.05, 3.63) is 17.0 Å². The number of thiophene rings is 1. The Kier molecular flexibility index (Phi) is 5.99. The van der Waals surface area contributed by atoms with Crippen LogP contribution in [0.5, 0.6) is 0 Å². The highest BCUT2D eigenvalue weighted by Crippen LogP contribution is 2.22. The lowest BCUT2D eigenvalue weighted by atomic mass is 10.4. The normalized spacial score (nSPS) is 13.1. The molecule has 0 spiro atoms. The Morgan fingerprint density at radius 3 is 2.50 bits per heavy atom. The lowest BCUT2D eigenvalue weighted by Gasteiger charge is -2.07. The zero-order valence-corrected chi connectivity index (χ0v) is 12.8. The molecule has 20 heavy (non-hydrogen) atoms. The van der Waals surface area contributed by atoms with Crippen molar-refractivity contribution in [2.45, 2.75) is 43.2 Å². The third kappa shape index (κ3) is 6.21. The second kappa shape index (κ2) is 6.88. The summed E-state index contributed by atoms with van der Waals surface area (Å²) in [7, 11) is -3.86. The van der Waals surface area contributed by atoms with Gasteiger partial charge in [0.1, 0.15) is 4.21 Å². The minimum absolute atomic E-state index is 0.0280. The van der Waals surface area contributed by atoms with Crippen LogP contribution in [-0.4, -0.2) is 27.2 Å². The molecule has 0 bridgehead atoms. The van der Waals surface area contributed by atoms with Gasteiger partial charge in [0.25, 0.3) is 0 Å². The van der Waals surface area contributed by atoms with Crippen molar-refractivity contribution in [3.8, 4) is 0 Å². The summed E-state index contributed by atoms with van der Waals surface area (Å²) in [5.74, 6) is 0. The quantitative estimate of drug-likeness (QED) is 0.807. The molecule has 0 unspecified atom stereocenters. The molecule has 1 aromatic rings. The van der Waals surface area contributed by atoms with Crippen LogP contribution in [0.25, 0.3) is 0 Å². The Labute approximate surface area is 120 Å². The van der Waals surface area contributed by atoms with Gasteiger partial charge < -0.3 is 5.32 Å². The van der Waals surface area contributed by atoms with Gasteiger partial charge in [-0.2, -0.15) is 13.2 Å². The predicted octanol–water partition coefficient (Wildman–Crippen LogP) is 2.48. The summed E-state index contributed by atoms with van der Waals surface area (Å²) in [5.41, 5.74) is 0. The molecule has 0 aliphatic rings. The molecule has 0 aromatic carbocycles. The van der Waals surface area contributed by atoms with Gasteiger partial charge in [0, 0.05) is 24.0 Å². The summed E-state index contributed by atoms with van der Waals surface area (Å²) < 4.78 is 61.5. The minimum Gasteiger partial charge on any atom is -0.310 e. The van der Waals surface area contributed by atoms with E-state index in [2.05, 4.69) is 5.32 Å². The zero-order chi connectivity index (χ0) is 15.4. The van der Waals surface area contributed by atoms with Gasteiger partial charge >= 0.3 is 6.18 Å². The van der Waals surface area contributed by atoms with Crippen LogP contribution in [0, 0.1) is 0 Å². The second-order valence-corrected chi connectivity index (χ2v) is 7.68. The smallest absolute Gasteiger partial charge is 0.310 e. The number of hydrogen-bond acceptors (Lipinski definition) is 4. The molecule has 0 aliphatic heterocycles. The van der Waals surface area contributed by atoms with E-state index in [-0.39, 0.29) is 10.3 Å². The number of halogens is 3. The first-order chi connectivity index (χ1) is 9.10. The van der Waals surface area contributed by atoms with E-state index in [1.54, 1.807) is 6.07 Å². The maximum atomic E-state index is 12.0. The Hall–Kier alpha value is -0.640. The summed E-state index contributed by atoms with van der Waals surface area (Å²) in [6.45, 7) is 3.80. The summed E-state index contributed by atoms with van der Waals surface area (Å²) in [6, 6.07) is 3.32. The van der Waals surface area contributed by atoms with Crippen molar-refractivity contribution in [2.24, 2.45) is 0 Å². The van der Waals surface area contributed by atoms with Gasteiger partial charge in [0.2, 0.25) is 10.0 Å². The molecule has 0 radical (unpaired) electrons. The Balaban J connectivity index is 2.59. The maximum Gasteiger partial charge on any atom is 0.390 e. The van der Waals surface area contributed by atoms with Gasteiger partial charge in [-0.3, -0.25) is 0 Å². The summed E-state index contributed by atoms with van der Waals surface area (Å²) in [5, 5.41) is 3.14. The molecule has 9 heteroatoms. The molecule has 0 aliphatic carbocycles. The van der Waals surface area contributed by atoms with E-state index in [0.29, 0.717) is 6.54 Å². The molecule has 1 rings (SSSR count). The van der Waals surface area contributed by atoms with Gasteiger partial charge in [-0.05, 0) is 12.1 Å². The molecule has 0 amide bonds. The highest BCUT2D eigenvalue weighted by molar-refractivity contribution is 7.91. The molecule has 116 valence electrons. The molecular weight excluding hydrogens is 313 g/mol. The standard InChI is InChI=1S/C11H17F3N2O2S2/c1-8(2)15-7-9-3-4-10(19-9)20(17,18)16-6-5-11(12,13)14/h3-4,8,15-16H,5-7H2,1-2H3. The van der Waals surface area contributed by atoms with Crippen LogP contribution in [0.15, 0.2) is 16.3 Å². The number of nitrogens with one attached hydrogen (secondary N) is 2. The van der Waals surface area contributed by atoms with Crippen LogP contribution in [0.2, 0.25) is 0 Å². The van der Waals surface area contributed by atoms with Crippen LogP contribution < -0.4 is 10.0 Å². The molecule has 0 atom stereocenters. The van der Waals surface area contributed by atoms with E-state index in [0.717, 1.165) is 16.2 Å². The average molecular weight is 330 g/mol. The van der Waals surface area contributed by atoms with Crippen LogP contribution in [0.1, 0.15) is 25.1 Å². The fraction of sp³-hybridized carbons (Fsp3) is 0.636. The largest absolute Gasteiger partial charge is 0.390 e. The van der Waals surface area contributed by atoms with E-state index in [1.807, 2.05) is 18.6 Å². The number of alkyl halides is 3. The Bertz CT molecular complexity index is 524. The molecule has 4 nitrogen and oxygen atoms in total. The SMILES string of the molecule is CC(C)NCc1ccc(S(=O)(=O)NCCC(F)(F)F)s1. The third-order valence-electron chi connectivity index (χ3n) is 2.29. The summed E-state index contributed by atoms with van der Waals surface area (Å²) >= 11 is 1.05. The second-order valence-electron chi connectivity index (χ2n) is 4.52. The van der Waals surface area contributed by atoms with E-state index in [1.165, 1.54) is 6.07 Å². The van der Waals surface area contributed by atoms with E-state index >= 15 is 0 Å². The van der Waals surface area contributed by atoms with E-state index in [4.69, 9.17) is 0 Å². The van der Waals surface area contributed by atoms with Crippen molar-refractivity contribution in [1.29, 1.82) is 0 Å². The lowest BCUT2D eigenvalue weighted by molar-refractivity contribution is -0.132. The first-order valence-corrected chi connectivity index (χ1v) is 8.28. The zero-order valence-electron chi connectivity index (χ0n) is 11.1. The Morgan fingerprint density at radius 1 is 1.30 bits per heavy atom. The summed E-state index contributed by atoms with van der Waals surface area (Å²) in [4.78, 5) is 0.815. The van der Waals surface area contributed by atoms with Crippen LogP contribution in [0.4, 0.5) is 13.2 Å². The molecular formula is C11H17F3N2O2S2. The monoisotopic (exact) mass is 330 g/mol. The first kappa shape index (κ1) is 17.4. The van der Waals surface area contributed by atoms with Crippen molar-refractivity contribution < 1.29 is 21.6 Å². The van der Waals surface area contributed by atoms with Crippen molar-refractivity contribution in [1.82, 2.24) is 10.0 Å². The maximum absolute atomic E-state index is 12.0. The van der Waals surface area contributed by atoms with Gasteiger partial charge in [-0.15, -0.1) is 11.3 Å². The first-order valence-electron chi connectivity index (χ1n) is 5.99.